The summed E-state index contributed by atoms with van der Waals surface area (Å²) >= 11 is 1.51. The second-order valence-electron chi connectivity index (χ2n) is 10.2. The summed E-state index contributed by atoms with van der Waals surface area (Å²) in [5.74, 6) is 0.228. The first-order valence-corrected chi connectivity index (χ1v) is 13.3. The number of likely N-dealkylation sites (tertiary alicyclic amines) is 1. The SMILES string of the molecule is O=C(NCC1CC(=O)N(c2ccc(C3(CN4CCCC4)CC3)cc2)C1)c1cc2ccccc2s1. The van der Waals surface area contributed by atoms with Crippen LogP contribution in [-0.4, -0.2) is 49.4 Å². The summed E-state index contributed by atoms with van der Waals surface area (Å²) in [4.78, 5) is 30.6. The van der Waals surface area contributed by atoms with Gasteiger partial charge in [0.1, 0.15) is 0 Å². The number of benzene rings is 2. The molecule has 1 aromatic heterocycles. The Labute approximate surface area is 204 Å². The van der Waals surface area contributed by atoms with Crippen LogP contribution in [-0.2, 0) is 10.2 Å². The van der Waals surface area contributed by atoms with E-state index in [9.17, 15) is 9.59 Å². The summed E-state index contributed by atoms with van der Waals surface area (Å²) in [7, 11) is 0. The molecule has 1 atom stereocenters. The number of carbonyl (C=O) groups is 2. The first-order valence-electron chi connectivity index (χ1n) is 12.5. The molecule has 5 nitrogen and oxygen atoms in total. The molecule has 2 saturated heterocycles. The molecule has 34 heavy (non-hydrogen) atoms. The number of fused-ring (bicyclic) bond motifs is 1. The summed E-state index contributed by atoms with van der Waals surface area (Å²) in [5.41, 5.74) is 2.73. The maximum absolute atomic E-state index is 12.8. The standard InChI is InChI=1S/C28H31N3O2S/c32-26-15-20(17-29-27(33)25-16-21-5-1-2-6-24(21)34-25)18-31(26)23-9-7-22(8-10-23)28(11-12-28)19-30-13-3-4-14-30/h1-2,5-10,16,20H,3-4,11-15,17-19H2,(H,29,33). The fourth-order valence-electron chi connectivity index (χ4n) is 5.64. The Hall–Kier alpha value is -2.70. The van der Waals surface area contributed by atoms with E-state index in [0.29, 0.717) is 24.9 Å². The van der Waals surface area contributed by atoms with Crippen molar-refractivity contribution >= 4 is 38.9 Å². The molecule has 0 bridgehead atoms. The first-order chi connectivity index (χ1) is 16.6. The topological polar surface area (TPSA) is 52.7 Å². The number of nitrogens with one attached hydrogen (secondary N) is 1. The first kappa shape index (κ1) is 21.8. The van der Waals surface area contributed by atoms with E-state index in [1.54, 1.807) is 0 Å². The fourth-order valence-corrected chi connectivity index (χ4v) is 6.62. The van der Waals surface area contributed by atoms with Gasteiger partial charge in [-0.25, -0.2) is 0 Å². The molecule has 6 rings (SSSR count). The molecule has 0 spiro atoms. The van der Waals surface area contributed by atoms with Crippen molar-refractivity contribution in [2.24, 2.45) is 5.92 Å². The number of anilines is 1. The Morgan fingerprint density at radius 2 is 1.82 bits per heavy atom. The van der Waals surface area contributed by atoms with Gasteiger partial charge in [0.25, 0.3) is 5.91 Å². The van der Waals surface area contributed by atoms with E-state index in [-0.39, 0.29) is 17.7 Å². The summed E-state index contributed by atoms with van der Waals surface area (Å²) in [6.45, 7) is 4.83. The zero-order valence-corrected chi connectivity index (χ0v) is 20.3. The van der Waals surface area contributed by atoms with Crippen molar-refractivity contribution < 1.29 is 9.59 Å². The van der Waals surface area contributed by atoms with Crippen LogP contribution in [0.3, 0.4) is 0 Å². The van der Waals surface area contributed by atoms with Crippen LogP contribution in [0.25, 0.3) is 10.1 Å². The van der Waals surface area contributed by atoms with Crippen LogP contribution in [0.2, 0.25) is 0 Å². The molecule has 2 aromatic carbocycles. The average Bonchev–Trinajstić information content (AvgIpc) is 3.20. The highest BCUT2D eigenvalue weighted by Crippen LogP contribution is 2.49. The van der Waals surface area contributed by atoms with Crippen LogP contribution in [0.1, 0.15) is 47.3 Å². The number of thiophene rings is 1. The molecule has 0 radical (unpaired) electrons. The quantitative estimate of drug-likeness (QED) is 0.536. The van der Waals surface area contributed by atoms with Crippen molar-refractivity contribution in [3.05, 3.63) is 65.0 Å². The number of hydrogen-bond acceptors (Lipinski definition) is 4. The van der Waals surface area contributed by atoms with Crippen molar-refractivity contribution in [2.45, 2.75) is 37.5 Å². The molecule has 6 heteroatoms. The van der Waals surface area contributed by atoms with Gasteiger partial charge in [0.15, 0.2) is 0 Å². The molecule has 1 unspecified atom stereocenters. The normalized spacial score (nSPS) is 21.9. The largest absolute Gasteiger partial charge is 0.351 e. The lowest BCUT2D eigenvalue weighted by molar-refractivity contribution is -0.117. The molecular formula is C28H31N3O2S. The molecule has 3 heterocycles. The van der Waals surface area contributed by atoms with E-state index >= 15 is 0 Å². The van der Waals surface area contributed by atoms with Crippen LogP contribution in [0.5, 0.6) is 0 Å². The van der Waals surface area contributed by atoms with Crippen LogP contribution < -0.4 is 10.2 Å². The molecule has 3 fully saturated rings. The second-order valence-corrected chi connectivity index (χ2v) is 11.3. The van der Waals surface area contributed by atoms with Crippen molar-refractivity contribution in [1.29, 1.82) is 0 Å². The van der Waals surface area contributed by atoms with E-state index in [0.717, 1.165) is 20.7 Å². The Morgan fingerprint density at radius 3 is 2.56 bits per heavy atom. The van der Waals surface area contributed by atoms with Crippen LogP contribution in [0, 0.1) is 5.92 Å². The van der Waals surface area contributed by atoms with Crippen LogP contribution >= 0.6 is 11.3 Å². The third kappa shape index (κ3) is 4.25. The predicted octanol–water partition coefficient (Wildman–Crippen LogP) is 4.81. The molecule has 1 N–H and O–H groups in total. The zero-order valence-electron chi connectivity index (χ0n) is 19.5. The maximum atomic E-state index is 12.8. The maximum Gasteiger partial charge on any atom is 0.261 e. The molecule has 1 aliphatic carbocycles. The van der Waals surface area contributed by atoms with Gasteiger partial charge in [-0.2, -0.15) is 0 Å². The number of carbonyl (C=O) groups excluding carboxylic acids is 2. The molecular weight excluding hydrogens is 442 g/mol. The lowest BCUT2D eigenvalue weighted by atomic mass is 9.95. The lowest BCUT2D eigenvalue weighted by Gasteiger charge is -2.24. The summed E-state index contributed by atoms with van der Waals surface area (Å²) < 4.78 is 1.12. The third-order valence-corrected chi connectivity index (χ3v) is 8.89. The highest BCUT2D eigenvalue weighted by atomic mass is 32.1. The van der Waals surface area contributed by atoms with Crippen molar-refractivity contribution in [3.8, 4) is 0 Å². The van der Waals surface area contributed by atoms with Gasteiger partial charge in [0, 0.05) is 47.8 Å². The Kier molecular flexibility index (Phi) is 5.66. The van der Waals surface area contributed by atoms with Crippen molar-refractivity contribution in [2.75, 3.05) is 37.6 Å². The minimum atomic E-state index is -0.0517. The zero-order chi connectivity index (χ0) is 23.1. The second kappa shape index (κ2) is 8.82. The monoisotopic (exact) mass is 473 g/mol. The third-order valence-electron chi connectivity index (χ3n) is 7.78. The minimum Gasteiger partial charge on any atom is -0.351 e. The van der Waals surface area contributed by atoms with Crippen molar-refractivity contribution in [1.82, 2.24) is 10.2 Å². The number of hydrogen-bond donors (Lipinski definition) is 1. The molecule has 176 valence electrons. The van der Waals surface area contributed by atoms with Gasteiger partial charge in [0.2, 0.25) is 5.91 Å². The van der Waals surface area contributed by atoms with Gasteiger partial charge in [-0.15, -0.1) is 11.3 Å². The highest BCUT2D eigenvalue weighted by molar-refractivity contribution is 7.20. The van der Waals surface area contributed by atoms with Crippen LogP contribution in [0.4, 0.5) is 5.69 Å². The minimum absolute atomic E-state index is 0.0517. The van der Waals surface area contributed by atoms with E-state index in [2.05, 4.69) is 34.5 Å². The summed E-state index contributed by atoms with van der Waals surface area (Å²) in [6.07, 6.45) is 5.68. The molecule has 2 aliphatic heterocycles. The van der Waals surface area contributed by atoms with Crippen LogP contribution in [0.15, 0.2) is 54.6 Å². The van der Waals surface area contributed by atoms with Gasteiger partial charge in [-0.05, 0) is 74.0 Å². The Morgan fingerprint density at radius 1 is 1.06 bits per heavy atom. The lowest BCUT2D eigenvalue weighted by Crippen LogP contribution is -2.31. The molecule has 3 aromatic rings. The van der Waals surface area contributed by atoms with E-state index in [1.165, 1.54) is 62.2 Å². The average molecular weight is 474 g/mol. The Bertz CT molecular complexity index is 1170. The van der Waals surface area contributed by atoms with E-state index in [4.69, 9.17) is 0 Å². The highest BCUT2D eigenvalue weighted by Gasteiger charge is 2.45. The van der Waals surface area contributed by atoms with Gasteiger partial charge in [-0.1, -0.05) is 30.3 Å². The number of nitrogens with zero attached hydrogens (tertiary/aromatic N) is 2. The van der Waals surface area contributed by atoms with E-state index < -0.39 is 0 Å². The molecule has 2 amide bonds. The smallest absolute Gasteiger partial charge is 0.261 e. The molecule has 3 aliphatic rings. The van der Waals surface area contributed by atoms with Crippen molar-refractivity contribution in [3.63, 3.8) is 0 Å². The Balaban J connectivity index is 1.06. The number of amides is 2. The summed E-state index contributed by atoms with van der Waals surface area (Å²) in [5, 5.41) is 4.15. The van der Waals surface area contributed by atoms with Gasteiger partial charge in [-0.3, -0.25) is 9.59 Å². The van der Waals surface area contributed by atoms with Gasteiger partial charge >= 0.3 is 0 Å². The molecule has 1 saturated carbocycles. The van der Waals surface area contributed by atoms with Gasteiger partial charge in [0.05, 0.1) is 4.88 Å². The predicted molar refractivity (Wildman–Crippen MR) is 138 cm³/mol. The number of rotatable bonds is 7. The van der Waals surface area contributed by atoms with Gasteiger partial charge < -0.3 is 15.1 Å². The van der Waals surface area contributed by atoms with E-state index in [1.807, 2.05) is 35.2 Å². The summed E-state index contributed by atoms with van der Waals surface area (Å²) in [6, 6.07) is 18.7. The fraction of sp³-hybridized carbons (Fsp3) is 0.429.